The molecule has 0 unspecified atom stereocenters. The third-order valence-electron chi connectivity index (χ3n) is 4.84. The van der Waals surface area contributed by atoms with Gasteiger partial charge in [-0.25, -0.2) is 4.98 Å². The van der Waals surface area contributed by atoms with E-state index in [-0.39, 0.29) is 11.6 Å². The molecule has 0 radical (unpaired) electrons. The van der Waals surface area contributed by atoms with E-state index in [1.165, 1.54) is 0 Å². The number of carbonyl (C=O) groups excluding carboxylic acids is 1. The predicted octanol–water partition coefficient (Wildman–Crippen LogP) is 6.05. The Morgan fingerprint density at radius 2 is 1.68 bits per heavy atom. The molecule has 0 atom stereocenters. The van der Waals surface area contributed by atoms with Crippen molar-refractivity contribution in [1.29, 1.82) is 0 Å². The quantitative estimate of drug-likeness (QED) is 0.378. The zero-order valence-electron chi connectivity index (χ0n) is 17.6. The van der Waals surface area contributed by atoms with Gasteiger partial charge < -0.3 is 14.6 Å². The summed E-state index contributed by atoms with van der Waals surface area (Å²) in [6.45, 7) is 0. The molecule has 1 amide bonds. The Hall–Kier alpha value is -3.51. The summed E-state index contributed by atoms with van der Waals surface area (Å²) < 4.78 is 6.10. The van der Waals surface area contributed by atoms with Crippen LogP contribution in [-0.4, -0.2) is 31.2 Å². The van der Waals surface area contributed by atoms with Crippen LogP contribution >= 0.6 is 11.8 Å². The molecular weight excluding hydrogens is 406 g/mol. The molecular formula is C25H23N3O2S. The van der Waals surface area contributed by atoms with Crippen molar-refractivity contribution in [3.8, 4) is 22.8 Å². The van der Waals surface area contributed by atoms with E-state index in [2.05, 4.69) is 10.3 Å². The average molecular weight is 430 g/mol. The molecule has 0 saturated carbocycles. The number of nitrogens with one attached hydrogen (secondary N) is 1. The van der Waals surface area contributed by atoms with Crippen molar-refractivity contribution in [2.75, 3.05) is 30.6 Å². The second-order valence-corrected chi connectivity index (χ2v) is 8.07. The van der Waals surface area contributed by atoms with Gasteiger partial charge in [-0.1, -0.05) is 24.3 Å². The second-order valence-electron chi connectivity index (χ2n) is 7.19. The van der Waals surface area contributed by atoms with E-state index in [1.807, 2.05) is 104 Å². The molecule has 1 heterocycles. The van der Waals surface area contributed by atoms with E-state index < -0.39 is 0 Å². The summed E-state index contributed by atoms with van der Waals surface area (Å²) in [4.78, 5) is 20.8. The molecule has 3 aromatic carbocycles. The van der Waals surface area contributed by atoms with Gasteiger partial charge in [0.05, 0.1) is 0 Å². The summed E-state index contributed by atoms with van der Waals surface area (Å²) in [5, 5.41) is 2.95. The highest BCUT2D eigenvalue weighted by atomic mass is 32.2. The van der Waals surface area contributed by atoms with Crippen LogP contribution in [0, 0.1) is 0 Å². The minimum atomic E-state index is -0.309. The number of nitrogens with zero attached hydrogens (tertiary/aromatic N) is 2. The highest BCUT2D eigenvalue weighted by Crippen LogP contribution is 2.31. The van der Waals surface area contributed by atoms with Crippen LogP contribution in [0.25, 0.3) is 22.8 Å². The number of oxazole rings is 1. The molecule has 0 bridgehead atoms. The van der Waals surface area contributed by atoms with Crippen molar-refractivity contribution in [1.82, 2.24) is 4.98 Å². The molecule has 0 saturated heterocycles. The Labute approximate surface area is 186 Å². The van der Waals surface area contributed by atoms with Crippen molar-refractivity contribution >= 4 is 29.0 Å². The fourth-order valence-corrected chi connectivity index (χ4v) is 3.64. The van der Waals surface area contributed by atoms with Gasteiger partial charge in [0.25, 0.3) is 5.91 Å². The number of benzene rings is 3. The molecule has 0 fully saturated rings. The minimum Gasteiger partial charge on any atom is -0.435 e. The Morgan fingerprint density at radius 1 is 0.935 bits per heavy atom. The van der Waals surface area contributed by atoms with E-state index in [9.17, 15) is 4.79 Å². The third kappa shape index (κ3) is 4.64. The molecule has 0 spiro atoms. The molecule has 1 N–H and O–H groups in total. The lowest BCUT2D eigenvalue weighted by atomic mass is 10.1. The Bertz CT molecular complexity index is 1190. The summed E-state index contributed by atoms with van der Waals surface area (Å²) in [5.74, 6) is 0.550. The third-order valence-corrected chi connectivity index (χ3v) is 5.56. The van der Waals surface area contributed by atoms with Crippen molar-refractivity contribution in [3.05, 3.63) is 84.6 Å². The van der Waals surface area contributed by atoms with Crippen molar-refractivity contribution in [3.63, 3.8) is 0 Å². The number of hydrogen-bond donors (Lipinski definition) is 1. The van der Waals surface area contributed by atoms with E-state index in [1.54, 1.807) is 11.8 Å². The maximum atomic E-state index is 13.2. The topological polar surface area (TPSA) is 58.4 Å². The summed E-state index contributed by atoms with van der Waals surface area (Å²) in [7, 11) is 3.97. The summed E-state index contributed by atoms with van der Waals surface area (Å²) >= 11 is 1.62. The van der Waals surface area contributed by atoms with Crippen molar-refractivity contribution < 1.29 is 9.21 Å². The molecule has 6 heteroatoms. The number of anilines is 2. The molecule has 0 aliphatic carbocycles. The number of rotatable bonds is 6. The van der Waals surface area contributed by atoms with Gasteiger partial charge in [-0.05, 0) is 60.9 Å². The molecule has 5 nitrogen and oxygen atoms in total. The first-order valence-electron chi connectivity index (χ1n) is 9.84. The average Bonchev–Trinajstić information content (AvgIpc) is 3.25. The minimum absolute atomic E-state index is 0.256. The lowest BCUT2D eigenvalue weighted by Crippen LogP contribution is -2.13. The zero-order valence-corrected chi connectivity index (χ0v) is 18.4. The van der Waals surface area contributed by atoms with Crippen LogP contribution in [0.4, 0.5) is 11.4 Å². The van der Waals surface area contributed by atoms with Crippen LogP contribution in [0.2, 0.25) is 0 Å². The summed E-state index contributed by atoms with van der Waals surface area (Å²) in [5.41, 5.74) is 3.65. The molecule has 0 aliphatic heterocycles. The lowest BCUT2D eigenvalue weighted by molar-refractivity contribution is 0.102. The Morgan fingerprint density at radius 3 is 2.35 bits per heavy atom. The molecule has 0 aliphatic rings. The SMILES string of the molecule is CSc1cccc(NC(=O)c2nc(-c3ccccc3)oc2-c2ccc(N(C)C)cc2)c1. The van der Waals surface area contributed by atoms with E-state index in [0.717, 1.165) is 27.4 Å². The highest BCUT2D eigenvalue weighted by Gasteiger charge is 2.22. The molecule has 31 heavy (non-hydrogen) atoms. The summed E-state index contributed by atoms with van der Waals surface area (Å²) in [6, 6.07) is 25.2. The Kier molecular flexibility index (Phi) is 6.09. The van der Waals surface area contributed by atoms with Gasteiger partial charge in [-0.15, -0.1) is 11.8 Å². The normalized spacial score (nSPS) is 10.7. The standard InChI is InChI=1S/C25H23N3O2S/c1-28(2)20-14-12-17(13-15-20)23-22(27-25(30-23)18-8-5-4-6-9-18)24(29)26-19-10-7-11-21(16-19)31-3/h4-16H,1-3H3,(H,26,29). The first-order chi connectivity index (χ1) is 15.0. The van der Waals surface area contributed by atoms with Gasteiger partial charge in [-0.3, -0.25) is 4.79 Å². The highest BCUT2D eigenvalue weighted by molar-refractivity contribution is 7.98. The van der Waals surface area contributed by atoms with Gasteiger partial charge in [0.15, 0.2) is 11.5 Å². The Balaban J connectivity index is 1.74. The number of amides is 1. The second kappa shape index (κ2) is 9.10. The van der Waals surface area contributed by atoms with Gasteiger partial charge in [0.2, 0.25) is 5.89 Å². The number of aromatic nitrogens is 1. The van der Waals surface area contributed by atoms with Crippen LogP contribution in [0.1, 0.15) is 10.5 Å². The largest absolute Gasteiger partial charge is 0.435 e. The van der Waals surface area contributed by atoms with Gasteiger partial charge in [0.1, 0.15) is 0 Å². The molecule has 4 aromatic rings. The van der Waals surface area contributed by atoms with E-state index in [0.29, 0.717) is 11.7 Å². The lowest BCUT2D eigenvalue weighted by Gasteiger charge is -2.12. The smallest absolute Gasteiger partial charge is 0.278 e. The van der Waals surface area contributed by atoms with Crippen LogP contribution in [0.3, 0.4) is 0 Å². The fourth-order valence-electron chi connectivity index (χ4n) is 3.18. The molecule has 4 rings (SSSR count). The van der Waals surface area contributed by atoms with Crippen LogP contribution < -0.4 is 10.2 Å². The monoisotopic (exact) mass is 429 g/mol. The first kappa shape index (κ1) is 20.8. The maximum Gasteiger partial charge on any atom is 0.278 e. The predicted molar refractivity (Wildman–Crippen MR) is 128 cm³/mol. The van der Waals surface area contributed by atoms with Crippen LogP contribution in [-0.2, 0) is 0 Å². The zero-order chi connectivity index (χ0) is 21.8. The number of hydrogen-bond acceptors (Lipinski definition) is 5. The first-order valence-corrected chi connectivity index (χ1v) is 11.1. The number of thioether (sulfide) groups is 1. The van der Waals surface area contributed by atoms with Gasteiger partial charge in [0, 0.05) is 41.5 Å². The van der Waals surface area contributed by atoms with Crippen LogP contribution in [0.15, 0.2) is 88.2 Å². The van der Waals surface area contributed by atoms with Crippen LogP contribution in [0.5, 0.6) is 0 Å². The maximum absolute atomic E-state index is 13.2. The van der Waals surface area contributed by atoms with Gasteiger partial charge >= 0.3 is 0 Å². The molecule has 156 valence electrons. The number of carbonyl (C=O) groups is 1. The van der Waals surface area contributed by atoms with Crippen molar-refractivity contribution in [2.24, 2.45) is 0 Å². The molecule has 1 aromatic heterocycles. The van der Waals surface area contributed by atoms with E-state index >= 15 is 0 Å². The van der Waals surface area contributed by atoms with Gasteiger partial charge in [-0.2, -0.15) is 0 Å². The fraction of sp³-hybridized carbons (Fsp3) is 0.120. The summed E-state index contributed by atoms with van der Waals surface area (Å²) in [6.07, 6.45) is 2.00. The van der Waals surface area contributed by atoms with Crippen molar-refractivity contribution in [2.45, 2.75) is 4.90 Å². The van der Waals surface area contributed by atoms with E-state index in [4.69, 9.17) is 4.42 Å².